The molecule has 0 fully saturated rings. The van der Waals surface area contributed by atoms with Crippen LogP contribution in [0.25, 0.3) is 11.0 Å². The molecule has 2 aromatic heterocycles. The number of thioether (sulfide) groups is 1. The zero-order valence-corrected chi connectivity index (χ0v) is 9.98. The quantitative estimate of drug-likeness (QED) is 0.645. The number of para-hydroxylation sites is 1. The predicted octanol–water partition coefficient (Wildman–Crippen LogP) is 4.12. The molecule has 0 aliphatic rings. The van der Waals surface area contributed by atoms with E-state index in [1.807, 2.05) is 49.0 Å². The predicted molar refractivity (Wildman–Crippen MR) is 70.0 cm³/mol. The SMILES string of the molecule is c1ccc2c(CSc3ccncc3)coc2c1. The molecule has 0 atom stereocenters. The minimum Gasteiger partial charge on any atom is -0.464 e. The van der Waals surface area contributed by atoms with Gasteiger partial charge in [0.1, 0.15) is 5.58 Å². The lowest BCUT2D eigenvalue weighted by atomic mass is 10.2. The Bertz CT molecular complexity index is 618. The number of furan rings is 1. The first-order valence-corrected chi connectivity index (χ1v) is 6.40. The Labute approximate surface area is 104 Å². The molecule has 17 heavy (non-hydrogen) atoms. The number of hydrogen-bond donors (Lipinski definition) is 0. The summed E-state index contributed by atoms with van der Waals surface area (Å²) in [5.74, 6) is 0.918. The first kappa shape index (κ1) is 10.4. The highest BCUT2D eigenvalue weighted by molar-refractivity contribution is 7.98. The van der Waals surface area contributed by atoms with Crippen LogP contribution in [0.2, 0.25) is 0 Å². The smallest absolute Gasteiger partial charge is 0.134 e. The van der Waals surface area contributed by atoms with Crippen molar-refractivity contribution >= 4 is 22.7 Å². The molecule has 0 unspecified atom stereocenters. The number of benzene rings is 1. The number of fused-ring (bicyclic) bond motifs is 1. The van der Waals surface area contributed by atoms with Gasteiger partial charge in [0.05, 0.1) is 6.26 Å². The maximum atomic E-state index is 5.51. The first-order chi connectivity index (χ1) is 8.43. The maximum Gasteiger partial charge on any atom is 0.134 e. The fourth-order valence-electron chi connectivity index (χ4n) is 1.74. The van der Waals surface area contributed by atoms with Crippen LogP contribution in [0.5, 0.6) is 0 Å². The third kappa shape index (κ3) is 2.19. The van der Waals surface area contributed by atoms with Gasteiger partial charge in [-0.3, -0.25) is 4.98 Å². The van der Waals surface area contributed by atoms with E-state index in [-0.39, 0.29) is 0 Å². The minimum absolute atomic E-state index is 0.918. The van der Waals surface area contributed by atoms with E-state index in [1.165, 1.54) is 15.8 Å². The van der Waals surface area contributed by atoms with E-state index in [9.17, 15) is 0 Å². The van der Waals surface area contributed by atoms with Crippen molar-refractivity contribution in [2.45, 2.75) is 10.6 Å². The highest BCUT2D eigenvalue weighted by Gasteiger charge is 2.05. The van der Waals surface area contributed by atoms with Gasteiger partial charge in [0.15, 0.2) is 0 Å². The van der Waals surface area contributed by atoms with Gasteiger partial charge in [-0.15, -0.1) is 11.8 Å². The van der Waals surface area contributed by atoms with Crippen LogP contribution in [0, 0.1) is 0 Å². The third-order valence-corrected chi connectivity index (χ3v) is 3.67. The fourth-order valence-corrected chi connectivity index (χ4v) is 2.60. The molecule has 3 heteroatoms. The Morgan fingerprint density at radius 1 is 1.06 bits per heavy atom. The van der Waals surface area contributed by atoms with Crippen LogP contribution >= 0.6 is 11.8 Å². The van der Waals surface area contributed by atoms with Crippen molar-refractivity contribution < 1.29 is 4.42 Å². The highest BCUT2D eigenvalue weighted by atomic mass is 32.2. The van der Waals surface area contributed by atoms with Gasteiger partial charge in [-0.05, 0) is 18.2 Å². The van der Waals surface area contributed by atoms with Crippen LogP contribution in [0.4, 0.5) is 0 Å². The summed E-state index contributed by atoms with van der Waals surface area (Å²) >= 11 is 1.79. The Kier molecular flexibility index (Phi) is 2.84. The van der Waals surface area contributed by atoms with Crippen molar-refractivity contribution in [3.05, 3.63) is 60.6 Å². The summed E-state index contributed by atoms with van der Waals surface area (Å²) in [5.41, 5.74) is 2.19. The zero-order valence-electron chi connectivity index (χ0n) is 9.17. The van der Waals surface area contributed by atoms with Crippen molar-refractivity contribution in [3.8, 4) is 0 Å². The Hall–Kier alpha value is -1.74. The van der Waals surface area contributed by atoms with E-state index in [4.69, 9.17) is 4.42 Å². The molecule has 0 amide bonds. The topological polar surface area (TPSA) is 26.0 Å². The van der Waals surface area contributed by atoms with Gasteiger partial charge < -0.3 is 4.42 Å². The summed E-state index contributed by atoms with van der Waals surface area (Å²) < 4.78 is 5.51. The van der Waals surface area contributed by atoms with Gasteiger partial charge in [-0.1, -0.05) is 18.2 Å². The summed E-state index contributed by atoms with van der Waals surface area (Å²) in [6.07, 6.45) is 5.48. The molecule has 2 nitrogen and oxygen atoms in total. The first-order valence-electron chi connectivity index (χ1n) is 5.41. The molecule has 3 rings (SSSR count). The molecule has 0 radical (unpaired) electrons. The van der Waals surface area contributed by atoms with Crippen molar-refractivity contribution in [1.29, 1.82) is 0 Å². The van der Waals surface area contributed by atoms with Gasteiger partial charge in [0.2, 0.25) is 0 Å². The van der Waals surface area contributed by atoms with E-state index in [0.717, 1.165) is 11.3 Å². The zero-order chi connectivity index (χ0) is 11.5. The number of hydrogen-bond acceptors (Lipinski definition) is 3. The Balaban J connectivity index is 1.82. The summed E-state index contributed by atoms with van der Waals surface area (Å²) in [5, 5.41) is 1.20. The molecule has 0 aliphatic carbocycles. The summed E-state index contributed by atoms with van der Waals surface area (Å²) in [4.78, 5) is 5.24. The van der Waals surface area contributed by atoms with Gasteiger partial charge in [-0.25, -0.2) is 0 Å². The van der Waals surface area contributed by atoms with Crippen LogP contribution in [-0.2, 0) is 5.75 Å². The number of pyridine rings is 1. The van der Waals surface area contributed by atoms with Crippen LogP contribution < -0.4 is 0 Å². The third-order valence-electron chi connectivity index (χ3n) is 2.61. The molecule has 2 heterocycles. The Morgan fingerprint density at radius 2 is 1.88 bits per heavy atom. The average Bonchev–Trinajstić information content (AvgIpc) is 2.81. The molecule has 0 spiro atoms. The van der Waals surface area contributed by atoms with Crippen molar-refractivity contribution in [3.63, 3.8) is 0 Å². The molecular weight excluding hydrogens is 230 g/mol. The number of nitrogens with zero attached hydrogens (tertiary/aromatic N) is 1. The lowest BCUT2D eigenvalue weighted by molar-refractivity contribution is 0.612. The molecule has 0 saturated carbocycles. The van der Waals surface area contributed by atoms with Gasteiger partial charge in [0.25, 0.3) is 0 Å². The van der Waals surface area contributed by atoms with Crippen LogP contribution in [0.3, 0.4) is 0 Å². The second-order valence-electron chi connectivity index (χ2n) is 3.73. The monoisotopic (exact) mass is 241 g/mol. The standard InChI is InChI=1S/C14H11NOS/c1-2-4-14-13(3-1)11(9-16-14)10-17-12-5-7-15-8-6-12/h1-9H,10H2. The largest absolute Gasteiger partial charge is 0.464 e. The van der Waals surface area contributed by atoms with Crippen LogP contribution in [0.15, 0.2) is 64.4 Å². The van der Waals surface area contributed by atoms with Crippen molar-refractivity contribution in [2.75, 3.05) is 0 Å². The maximum absolute atomic E-state index is 5.51. The second-order valence-corrected chi connectivity index (χ2v) is 4.78. The number of aromatic nitrogens is 1. The molecule has 0 aliphatic heterocycles. The Morgan fingerprint density at radius 3 is 2.76 bits per heavy atom. The highest BCUT2D eigenvalue weighted by Crippen LogP contribution is 2.28. The van der Waals surface area contributed by atoms with E-state index >= 15 is 0 Å². The van der Waals surface area contributed by atoms with Crippen molar-refractivity contribution in [2.24, 2.45) is 0 Å². The molecule has 3 aromatic rings. The van der Waals surface area contributed by atoms with Gasteiger partial charge >= 0.3 is 0 Å². The summed E-state index contributed by atoms with van der Waals surface area (Å²) in [6.45, 7) is 0. The summed E-state index contributed by atoms with van der Waals surface area (Å²) in [7, 11) is 0. The van der Waals surface area contributed by atoms with Gasteiger partial charge in [-0.2, -0.15) is 0 Å². The van der Waals surface area contributed by atoms with E-state index in [1.54, 1.807) is 11.8 Å². The lowest BCUT2D eigenvalue weighted by Crippen LogP contribution is -1.78. The average molecular weight is 241 g/mol. The van der Waals surface area contributed by atoms with Gasteiger partial charge in [0, 0.05) is 34.0 Å². The summed E-state index contributed by atoms with van der Waals surface area (Å²) in [6, 6.07) is 12.2. The minimum atomic E-state index is 0.918. The normalized spacial score (nSPS) is 10.8. The molecule has 1 aromatic carbocycles. The van der Waals surface area contributed by atoms with Crippen LogP contribution in [0.1, 0.15) is 5.56 Å². The van der Waals surface area contributed by atoms with E-state index in [0.29, 0.717) is 0 Å². The fraction of sp³-hybridized carbons (Fsp3) is 0.0714. The number of rotatable bonds is 3. The lowest BCUT2D eigenvalue weighted by Gasteiger charge is -1.99. The molecule has 84 valence electrons. The van der Waals surface area contributed by atoms with Crippen LogP contribution in [-0.4, -0.2) is 4.98 Å². The van der Waals surface area contributed by atoms with Crippen molar-refractivity contribution in [1.82, 2.24) is 4.98 Å². The van der Waals surface area contributed by atoms with E-state index in [2.05, 4.69) is 11.1 Å². The molecule has 0 N–H and O–H groups in total. The molecule has 0 bridgehead atoms. The second kappa shape index (κ2) is 4.63. The molecular formula is C14H11NOS. The molecule has 0 saturated heterocycles. The van der Waals surface area contributed by atoms with E-state index < -0.39 is 0 Å².